The molecule has 0 saturated carbocycles. The van der Waals surface area contributed by atoms with Gasteiger partial charge in [-0.05, 0) is 18.6 Å². The lowest BCUT2D eigenvalue weighted by Gasteiger charge is -2.01. The molecule has 0 atom stereocenters. The van der Waals surface area contributed by atoms with Gasteiger partial charge in [-0.3, -0.25) is 4.79 Å². The maximum Gasteiger partial charge on any atom is 0.241 e. The van der Waals surface area contributed by atoms with Crippen molar-refractivity contribution in [2.24, 2.45) is 12.8 Å². The van der Waals surface area contributed by atoms with Crippen molar-refractivity contribution < 1.29 is 4.79 Å². The highest BCUT2D eigenvalue weighted by Gasteiger charge is 2.10. The summed E-state index contributed by atoms with van der Waals surface area (Å²) >= 11 is 0. The molecule has 0 fully saturated rings. The molecule has 0 radical (unpaired) electrons. The van der Waals surface area contributed by atoms with E-state index < -0.39 is 5.91 Å². The minimum Gasteiger partial charge on any atom is -0.366 e. The summed E-state index contributed by atoms with van der Waals surface area (Å²) in [5.74, 6) is -0.417. The van der Waals surface area contributed by atoms with E-state index in [0.29, 0.717) is 0 Å². The zero-order valence-electron chi connectivity index (χ0n) is 10.1. The Kier molecular flexibility index (Phi) is 3.00. The van der Waals surface area contributed by atoms with E-state index >= 15 is 0 Å². The summed E-state index contributed by atoms with van der Waals surface area (Å²) < 4.78 is 2.16. The number of hydrogen-bond acceptors (Lipinski definition) is 1. The lowest BCUT2D eigenvalue weighted by atomic mass is 10.1. The van der Waals surface area contributed by atoms with Gasteiger partial charge in [0.15, 0.2) is 0 Å². The molecule has 1 aromatic heterocycles. The number of hydrogen-bond donors (Lipinski definition) is 1. The minimum absolute atomic E-state index is 0.417. The van der Waals surface area contributed by atoms with Gasteiger partial charge in [0.2, 0.25) is 5.91 Å². The van der Waals surface area contributed by atoms with Crippen molar-refractivity contribution >= 4 is 22.9 Å². The molecule has 3 nitrogen and oxygen atoms in total. The van der Waals surface area contributed by atoms with Crippen molar-refractivity contribution in [2.45, 2.75) is 13.3 Å². The summed E-state index contributed by atoms with van der Waals surface area (Å²) in [5.41, 5.74) is 8.62. The van der Waals surface area contributed by atoms with Crippen molar-refractivity contribution in [3.8, 4) is 0 Å². The number of aromatic nitrogens is 1. The molecule has 0 unspecified atom stereocenters. The van der Waals surface area contributed by atoms with Crippen LogP contribution in [0, 0.1) is 0 Å². The van der Waals surface area contributed by atoms with E-state index in [1.54, 1.807) is 0 Å². The Bertz CT molecular complexity index is 594. The van der Waals surface area contributed by atoms with Crippen LogP contribution in [-0.2, 0) is 18.3 Å². The van der Waals surface area contributed by atoms with Crippen molar-refractivity contribution in [1.82, 2.24) is 4.57 Å². The van der Waals surface area contributed by atoms with E-state index in [1.165, 1.54) is 17.3 Å². The maximum atomic E-state index is 10.8. The molecule has 0 saturated heterocycles. The largest absolute Gasteiger partial charge is 0.366 e. The van der Waals surface area contributed by atoms with Crippen LogP contribution in [0.1, 0.15) is 18.2 Å². The normalized spacial score (nSPS) is 11.4. The Labute approximate surface area is 101 Å². The zero-order valence-corrected chi connectivity index (χ0v) is 10.1. The van der Waals surface area contributed by atoms with Crippen molar-refractivity contribution in [3.63, 3.8) is 0 Å². The summed E-state index contributed by atoms with van der Waals surface area (Å²) in [7, 11) is 2.04. The van der Waals surface area contributed by atoms with Gasteiger partial charge in [0.25, 0.3) is 0 Å². The molecule has 0 aliphatic carbocycles. The number of carbonyl (C=O) groups is 1. The summed E-state index contributed by atoms with van der Waals surface area (Å²) in [6, 6.07) is 8.16. The fourth-order valence-electron chi connectivity index (χ4n) is 2.25. The highest BCUT2D eigenvalue weighted by molar-refractivity contribution is 5.96. The number of nitrogens with two attached hydrogens (primary N) is 1. The molecule has 2 aromatic rings. The fourth-order valence-corrected chi connectivity index (χ4v) is 2.25. The predicted octanol–water partition coefficient (Wildman–Crippen LogP) is 2.24. The molecule has 88 valence electrons. The molecule has 0 bridgehead atoms. The Morgan fingerprint density at radius 1 is 1.41 bits per heavy atom. The minimum atomic E-state index is -0.417. The first-order valence-corrected chi connectivity index (χ1v) is 5.69. The number of amides is 1. The number of nitrogens with zero attached hydrogens (tertiary/aromatic N) is 1. The second-order valence-electron chi connectivity index (χ2n) is 4.03. The zero-order chi connectivity index (χ0) is 12.4. The van der Waals surface area contributed by atoms with E-state index in [2.05, 4.69) is 23.6 Å². The molecule has 1 heterocycles. The molecule has 1 aromatic carbocycles. The van der Waals surface area contributed by atoms with Crippen LogP contribution < -0.4 is 5.73 Å². The maximum absolute atomic E-state index is 10.8. The Morgan fingerprint density at radius 3 is 2.76 bits per heavy atom. The topological polar surface area (TPSA) is 48.0 Å². The first-order valence-electron chi connectivity index (χ1n) is 5.69. The van der Waals surface area contributed by atoms with Gasteiger partial charge in [0.05, 0.1) is 0 Å². The van der Waals surface area contributed by atoms with Gasteiger partial charge in [-0.15, -0.1) is 0 Å². The van der Waals surface area contributed by atoms with Crippen LogP contribution >= 0.6 is 0 Å². The Hall–Kier alpha value is -2.03. The van der Waals surface area contributed by atoms with Crippen LogP contribution in [0.3, 0.4) is 0 Å². The van der Waals surface area contributed by atoms with Crippen molar-refractivity contribution in [3.05, 3.63) is 41.6 Å². The van der Waals surface area contributed by atoms with E-state index in [4.69, 9.17) is 5.73 Å². The number of primary amides is 1. The number of carbonyl (C=O) groups excluding carboxylic acids is 1. The SMILES string of the molecule is CCc1c(/C=C/C(N)=O)c2ccccc2n1C. The van der Waals surface area contributed by atoms with Crippen LogP contribution in [0.4, 0.5) is 0 Å². The molecular weight excluding hydrogens is 212 g/mol. The first kappa shape index (κ1) is 11.5. The van der Waals surface area contributed by atoms with Crippen LogP contribution in [0.15, 0.2) is 30.3 Å². The first-order chi connectivity index (χ1) is 8.15. The number of fused-ring (bicyclic) bond motifs is 1. The second-order valence-corrected chi connectivity index (χ2v) is 4.03. The molecule has 3 heteroatoms. The molecule has 0 spiro atoms. The fraction of sp³-hybridized carbons (Fsp3) is 0.214. The second kappa shape index (κ2) is 4.45. The summed E-state index contributed by atoms with van der Waals surface area (Å²) in [6.07, 6.45) is 4.15. The molecular formula is C14H16N2O. The van der Waals surface area contributed by atoms with Gasteiger partial charge in [0, 0.05) is 35.3 Å². The molecule has 2 N–H and O–H groups in total. The molecule has 1 amide bonds. The predicted molar refractivity (Wildman–Crippen MR) is 70.5 cm³/mol. The third-order valence-electron chi connectivity index (χ3n) is 3.02. The molecule has 17 heavy (non-hydrogen) atoms. The molecule has 0 aliphatic rings. The quantitative estimate of drug-likeness (QED) is 0.805. The van der Waals surface area contributed by atoms with Gasteiger partial charge in [0.1, 0.15) is 0 Å². The summed E-state index contributed by atoms with van der Waals surface area (Å²) in [5, 5.41) is 1.16. The van der Waals surface area contributed by atoms with Gasteiger partial charge in [-0.25, -0.2) is 0 Å². The molecule has 2 rings (SSSR count). The average Bonchev–Trinajstić information content (AvgIpc) is 2.60. The number of para-hydroxylation sites is 1. The highest BCUT2D eigenvalue weighted by atomic mass is 16.1. The van der Waals surface area contributed by atoms with E-state index in [-0.39, 0.29) is 0 Å². The lowest BCUT2D eigenvalue weighted by Crippen LogP contribution is -2.05. The van der Waals surface area contributed by atoms with E-state index in [9.17, 15) is 4.79 Å². The lowest BCUT2D eigenvalue weighted by molar-refractivity contribution is -0.113. The van der Waals surface area contributed by atoms with Crippen molar-refractivity contribution in [2.75, 3.05) is 0 Å². The summed E-state index contributed by atoms with van der Waals surface area (Å²) in [4.78, 5) is 10.8. The Balaban J connectivity index is 2.71. The van der Waals surface area contributed by atoms with Crippen molar-refractivity contribution in [1.29, 1.82) is 0 Å². The van der Waals surface area contributed by atoms with Gasteiger partial charge in [-0.1, -0.05) is 25.1 Å². The van der Waals surface area contributed by atoms with Crippen LogP contribution in [0.25, 0.3) is 17.0 Å². The van der Waals surface area contributed by atoms with Crippen LogP contribution in [0.5, 0.6) is 0 Å². The Morgan fingerprint density at radius 2 is 2.12 bits per heavy atom. The van der Waals surface area contributed by atoms with E-state index in [1.807, 2.05) is 25.3 Å². The summed E-state index contributed by atoms with van der Waals surface area (Å²) in [6.45, 7) is 2.11. The van der Waals surface area contributed by atoms with E-state index in [0.717, 1.165) is 17.4 Å². The third kappa shape index (κ3) is 1.96. The van der Waals surface area contributed by atoms with Gasteiger partial charge >= 0.3 is 0 Å². The number of aryl methyl sites for hydroxylation is 1. The average molecular weight is 228 g/mol. The monoisotopic (exact) mass is 228 g/mol. The van der Waals surface area contributed by atoms with Gasteiger partial charge in [-0.2, -0.15) is 0 Å². The number of rotatable bonds is 3. The van der Waals surface area contributed by atoms with Gasteiger partial charge < -0.3 is 10.3 Å². The van der Waals surface area contributed by atoms with Crippen LogP contribution in [0.2, 0.25) is 0 Å². The molecule has 0 aliphatic heterocycles. The third-order valence-corrected chi connectivity index (χ3v) is 3.02. The highest BCUT2D eigenvalue weighted by Crippen LogP contribution is 2.26. The standard InChI is InChI=1S/C14H16N2O/c1-3-12-11(8-9-14(15)17)10-6-4-5-7-13(10)16(12)2/h4-9H,3H2,1-2H3,(H2,15,17)/b9-8+. The van der Waals surface area contributed by atoms with Crippen LogP contribution in [-0.4, -0.2) is 10.5 Å². The smallest absolute Gasteiger partial charge is 0.241 e. The number of benzene rings is 1.